The number of nitrogens with one attached hydrogen (secondary N) is 1. The minimum atomic E-state index is -4.15. The number of hydrogen-bond donors (Lipinski definition) is 1. The van der Waals surface area contributed by atoms with Crippen molar-refractivity contribution in [3.8, 4) is 0 Å². The van der Waals surface area contributed by atoms with Gasteiger partial charge in [0.05, 0.1) is 6.54 Å². The van der Waals surface area contributed by atoms with Gasteiger partial charge >= 0.3 is 6.18 Å². The third-order valence-electron chi connectivity index (χ3n) is 2.95. The summed E-state index contributed by atoms with van der Waals surface area (Å²) >= 11 is 5.95. The molecule has 0 saturated heterocycles. The van der Waals surface area contributed by atoms with Crippen LogP contribution in [0.5, 0.6) is 0 Å². The molecule has 0 aliphatic carbocycles. The third kappa shape index (κ3) is 6.59. The largest absolute Gasteiger partial charge is 0.401 e. The van der Waals surface area contributed by atoms with Gasteiger partial charge < -0.3 is 5.32 Å². The molecule has 20 heavy (non-hydrogen) atoms. The summed E-state index contributed by atoms with van der Waals surface area (Å²) in [6.07, 6.45) is -3.56. The molecule has 0 radical (unpaired) electrons. The van der Waals surface area contributed by atoms with E-state index < -0.39 is 12.7 Å². The highest BCUT2D eigenvalue weighted by atomic mass is 35.5. The first kappa shape index (κ1) is 17.3. The first-order valence-electron chi connectivity index (χ1n) is 6.56. The van der Waals surface area contributed by atoms with E-state index in [1.165, 1.54) is 11.9 Å². The molecule has 0 heterocycles. The minimum absolute atomic E-state index is 0.00869. The molecule has 1 aromatic rings. The fraction of sp³-hybridized carbons (Fsp3) is 0.571. The van der Waals surface area contributed by atoms with E-state index in [1.54, 1.807) is 6.07 Å². The van der Waals surface area contributed by atoms with E-state index in [0.29, 0.717) is 18.0 Å². The van der Waals surface area contributed by atoms with Crippen LogP contribution in [0.1, 0.15) is 24.9 Å². The first-order valence-corrected chi connectivity index (χ1v) is 6.93. The third-order valence-corrected chi connectivity index (χ3v) is 3.19. The van der Waals surface area contributed by atoms with E-state index in [2.05, 4.69) is 5.32 Å². The number of rotatable bonds is 7. The van der Waals surface area contributed by atoms with Crippen LogP contribution in [0, 0.1) is 0 Å². The van der Waals surface area contributed by atoms with Crippen molar-refractivity contribution < 1.29 is 13.2 Å². The zero-order chi connectivity index (χ0) is 15.2. The number of benzene rings is 1. The van der Waals surface area contributed by atoms with Gasteiger partial charge in [-0.25, -0.2) is 0 Å². The van der Waals surface area contributed by atoms with Gasteiger partial charge in [-0.2, -0.15) is 13.2 Å². The van der Waals surface area contributed by atoms with Crippen molar-refractivity contribution in [2.75, 3.05) is 26.7 Å². The normalized spacial score (nSPS) is 13.8. The Hall–Kier alpha value is -0.780. The second-order valence-corrected chi connectivity index (χ2v) is 5.24. The second kappa shape index (κ2) is 7.86. The van der Waals surface area contributed by atoms with Crippen LogP contribution in [0.2, 0.25) is 5.02 Å². The summed E-state index contributed by atoms with van der Waals surface area (Å²) in [6, 6.07) is 7.42. The number of alkyl halides is 3. The van der Waals surface area contributed by atoms with Gasteiger partial charge in [0, 0.05) is 11.1 Å². The lowest BCUT2D eigenvalue weighted by molar-refractivity contribution is -0.143. The smallest absolute Gasteiger partial charge is 0.310 e. The highest BCUT2D eigenvalue weighted by Gasteiger charge is 2.29. The molecule has 0 bridgehead atoms. The molecule has 2 nitrogen and oxygen atoms in total. The SMILES string of the molecule is CCNC(CCN(C)CC(F)(F)F)c1cccc(Cl)c1. The molecule has 1 aromatic carbocycles. The lowest BCUT2D eigenvalue weighted by Crippen LogP contribution is -2.33. The fourth-order valence-electron chi connectivity index (χ4n) is 2.09. The van der Waals surface area contributed by atoms with Gasteiger partial charge in [0.25, 0.3) is 0 Å². The summed E-state index contributed by atoms with van der Waals surface area (Å²) in [5.74, 6) is 0. The van der Waals surface area contributed by atoms with Gasteiger partial charge in [-0.15, -0.1) is 0 Å². The Balaban J connectivity index is 2.60. The standard InChI is InChI=1S/C14H20ClF3N2/c1-3-19-13(11-5-4-6-12(15)9-11)7-8-20(2)10-14(16,17)18/h4-6,9,13,19H,3,7-8,10H2,1-2H3. The summed E-state index contributed by atoms with van der Waals surface area (Å²) in [4.78, 5) is 1.29. The first-order chi connectivity index (χ1) is 9.31. The number of halogens is 4. The molecule has 0 fully saturated rings. The summed E-state index contributed by atoms with van der Waals surface area (Å²) in [6.45, 7) is 2.20. The van der Waals surface area contributed by atoms with Crippen molar-refractivity contribution >= 4 is 11.6 Å². The van der Waals surface area contributed by atoms with Crippen LogP contribution in [0.4, 0.5) is 13.2 Å². The van der Waals surface area contributed by atoms with Crippen molar-refractivity contribution in [2.24, 2.45) is 0 Å². The molecule has 1 rings (SSSR count). The van der Waals surface area contributed by atoms with Crippen LogP contribution in [0.3, 0.4) is 0 Å². The second-order valence-electron chi connectivity index (χ2n) is 4.81. The molecule has 0 aromatic heterocycles. The van der Waals surface area contributed by atoms with Crippen molar-refractivity contribution in [1.82, 2.24) is 10.2 Å². The van der Waals surface area contributed by atoms with Crippen molar-refractivity contribution in [3.05, 3.63) is 34.9 Å². The summed E-state index contributed by atoms with van der Waals surface area (Å²) in [5.41, 5.74) is 1.000. The van der Waals surface area contributed by atoms with Crippen molar-refractivity contribution in [3.63, 3.8) is 0 Å². The zero-order valence-corrected chi connectivity index (χ0v) is 12.4. The van der Waals surface area contributed by atoms with E-state index in [9.17, 15) is 13.2 Å². The Morgan fingerprint density at radius 3 is 2.60 bits per heavy atom. The topological polar surface area (TPSA) is 15.3 Å². The number of nitrogens with zero attached hydrogens (tertiary/aromatic N) is 1. The molecular formula is C14H20ClF3N2. The van der Waals surface area contributed by atoms with Crippen LogP contribution < -0.4 is 5.32 Å². The average molecular weight is 309 g/mol. The lowest BCUT2D eigenvalue weighted by atomic mass is 10.0. The Morgan fingerprint density at radius 1 is 1.35 bits per heavy atom. The van der Waals surface area contributed by atoms with Gasteiger partial charge in [-0.3, -0.25) is 4.90 Å². The molecule has 0 amide bonds. The van der Waals surface area contributed by atoms with Crippen LogP contribution in [0.25, 0.3) is 0 Å². The maximum atomic E-state index is 12.3. The van der Waals surface area contributed by atoms with Gasteiger partial charge in [-0.1, -0.05) is 30.7 Å². The Labute approximate surface area is 122 Å². The average Bonchev–Trinajstić information content (AvgIpc) is 2.32. The van der Waals surface area contributed by atoms with Gasteiger partial charge in [-0.05, 0) is 44.3 Å². The van der Waals surface area contributed by atoms with Crippen LogP contribution in [-0.2, 0) is 0 Å². The summed E-state index contributed by atoms with van der Waals surface area (Å²) in [5, 5.41) is 3.91. The summed E-state index contributed by atoms with van der Waals surface area (Å²) in [7, 11) is 1.48. The van der Waals surface area contributed by atoms with E-state index in [1.807, 2.05) is 25.1 Å². The molecule has 0 aliphatic heterocycles. The molecule has 0 aliphatic rings. The van der Waals surface area contributed by atoms with Crippen molar-refractivity contribution in [2.45, 2.75) is 25.6 Å². The highest BCUT2D eigenvalue weighted by Crippen LogP contribution is 2.22. The van der Waals surface area contributed by atoms with E-state index in [-0.39, 0.29) is 6.04 Å². The molecule has 1 N–H and O–H groups in total. The number of hydrogen-bond acceptors (Lipinski definition) is 2. The molecule has 0 spiro atoms. The fourth-order valence-corrected chi connectivity index (χ4v) is 2.29. The predicted molar refractivity (Wildman–Crippen MR) is 76.0 cm³/mol. The summed E-state index contributed by atoms with van der Waals surface area (Å²) < 4.78 is 36.8. The molecule has 1 unspecified atom stereocenters. The molecular weight excluding hydrogens is 289 g/mol. The van der Waals surface area contributed by atoms with Gasteiger partial charge in [0.2, 0.25) is 0 Å². The lowest BCUT2D eigenvalue weighted by Gasteiger charge is -2.23. The Morgan fingerprint density at radius 2 is 2.05 bits per heavy atom. The van der Waals surface area contributed by atoms with Crippen LogP contribution in [0.15, 0.2) is 24.3 Å². The molecule has 6 heteroatoms. The highest BCUT2D eigenvalue weighted by molar-refractivity contribution is 6.30. The Bertz CT molecular complexity index is 410. The van der Waals surface area contributed by atoms with Gasteiger partial charge in [0.1, 0.15) is 0 Å². The minimum Gasteiger partial charge on any atom is -0.310 e. The van der Waals surface area contributed by atoms with E-state index >= 15 is 0 Å². The van der Waals surface area contributed by atoms with E-state index in [0.717, 1.165) is 12.1 Å². The quantitative estimate of drug-likeness (QED) is 0.822. The molecule has 114 valence electrons. The van der Waals surface area contributed by atoms with E-state index in [4.69, 9.17) is 11.6 Å². The van der Waals surface area contributed by atoms with Crippen LogP contribution >= 0.6 is 11.6 Å². The molecule has 1 atom stereocenters. The maximum absolute atomic E-state index is 12.3. The van der Waals surface area contributed by atoms with Gasteiger partial charge in [0.15, 0.2) is 0 Å². The maximum Gasteiger partial charge on any atom is 0.401 e. The Kier molecular flexibility index (Phi) is 6.79. The monoisotopic (exact) mass is 308 g/mol. The van der Waals surface area contributed by atoms with Crippen LogP contribution in [-0.4, -0.2) is 37.8 Å². The zero-order valence-electron chi connectivity index (χ0n) is 11.7. The molecule has 0 saturated carbocycles. The predicted octanol–water partition coefficient (Wildman–Crippen LogP) is 3.87. The van der Waals surface area contributed by atoms with Crippen molar-refractivity contribution in [1.29, 1.82) is 0 Å².